The quantitative estimate of drug-likeness (QED) is 0.602. The van der Waals surface area contributed by atoms with Gasteiger partial charge in [0.25, 0.3) is 11.6 Å². The van der Waals surface area contributed by atoms with Crippen LogP contribution in [0.25, 0.3) is 0 Å². The highest BCUT2D eigenvalue weighted by Crippen LogP contribution is 2.31. The Kier molecular flexibility index (Phi) is 5.84. The van der Waals surface area contributed by atoms with Crippen molar-refractivity contribution in [3.05, 3.63) is 61.6 Å². The monoisotopic (exact) mass is 383 g/mol. The van der Waals surface area contributed by atoms with E-state index in [1.54, 1.807) is 6.07 Å². The molecule has 132 valence electrons. The molecule has 0 fully saturated rings. The minimum atomic E-state index is -0.629. The summed E-state index contributed by atoms with van der Waals surface area (Å²) in [6.07, 6.45) is 0. The summed E-state index contributed by atoms with van der Waals surface area (Å²) < 4.78 is 0. The van der Waals surface area contributed by atoms with Crippen molar-refractivity contribution in [1.29, 1.82) is 0 Å². The largest absolute Gasteiger partial charge is 0.507 e. The smallest absolute Gasteiger partial charge is 0.271 e. The van der Waals surface area contributed by atoms with Crippen LogP contribution in [0.3, 0.4) is 0 Å². The van der Waals surface area contributed by atoms with Crippen molar-refractivity contribution < 1.29 is 14.8 Å². The third kappa shape index (κ3) is 4.60. The van der Waals surface area contributed by atoms with E-state index < -0.39 is 10.8 Å². The van der Waals surface area contributed by atoms with Crippen molar-refractivity contribution in [2.45, 2.75) is 6.54 Å². The van der Waals surface area contributed by atoms with Gasteiger partial charge in [0, 0.05) is 29.3 Å². The summed E-state index contributed by atoms with van der Waals surface area (Å²) >= 11 is 12.0. The minimum Gasteiger partial charge on any atom is -0.507 e. The van der Waals surface area contributed by atoms with Crippen molar-refractivity contribution in [2.75, 3.05) is 19.4 Å². The number of hydrogen-bond acceptors (Lipinski definition) is 5. The van der Waals surface area contributed by atoms with E-state index in [2.05, 4.69) is 5.32 Å². The maximum absolute atomic E-state index is 12.5. The van der Waals surface area contributed by atoms with E-state index in [0.717, 1.165) is 6.07 Å². The second kappa shape index (κ2) is 7.69. The van der Waals surface area contributed by atoms with Gasteiger partial charge in [-0.1, -0.05) is 23.2 Å². The highest BCUT2D eigenvalue weighted by Gasteiger charge is 2.18. The van der Waals surface area contributed by atoms with Gasteiger partial charge in [-0.05, 0) is 32.3 Å². The second-order valence-corrected chi connectivity index (χ2v) is 6.42. The summed E-state index contributed by atoms with van der Waals surface area (Å²) in [6, 6.07) is 6.58. The van der Waals surface area contributed by atoms with E-state index in [1.807, 2.05) is 19.0 Å². The molecule has 9 heteroatoms. The van der Waals surface area contributed by atoms with Gasteiger partial charge < -0.3 is 15.3 Å². The Morgan fingerprint density at radius 2 is 1.96 bits per heavy atom. The summed E-state index contributed by atoms with van der Waals surface area (Å²) in [5, 5.41) is 23.9. The number of nitro benzene ring substituents is 1. The highest BCUT2D eigenvalue weighted by molar-refractivity contribution is 6.34. The molecule has 2 N–H and O–H groups in total. The zero-order chi connectivity index (χ0) is 18.7. The van der Waals surface area contributed by atoms with Gasteiger partial charge >= 0.3 is 0 Å². The summed E-state index contributed by atoms with van der Waals surface area (Å²) in [6.45, 7) is 0.394. The van der Waals surface area contributed by atoms with Crippen molar-refractivity contribution in [2.24, 2.45) is 0 Å². The van der Waals surface area contributed by atoms with E-state index in [0.29, 0.717) is 17.1 Å². The molecule has 0 aliphatic rings. The number of nitro groups is 1. The first-order valence-electron chi connectivity index (χ1n) is 7.10. The number of amides is 1. The van der Waals surface area contributed by atoms with Gasteiger partial charge in [0.15, 0.2) is 0 Å². The number of carbonyl (C=O) groups excluding carboxylic acids is 1. The molecule has 2 aromatic carbocycles. The number of anilines is 1. The zero-order valence-corrected chi connectivity index (χ0v) is 14.9. The number of aromatic hydroxyl groups is 1. The topological polar surface area (TPSA) is 95.7 Å². The number of nitrogens with one attached hydrogen (secondary N) is 1. The third-order valence-electron chi connectivity index (χ3n) is 3.30. The molecular weight excluding hydrogens is 369 g/mol. The Morgan fingerprint density at radius 1 is 1.28 bits per heavy atom. The first-order chi connectivity index (χ1) is 11.7. The summed E-state index contributed by atoms with van der Waals surface area (Å²) in [7, 11) is 3.63. The average molecular weight is 384 g/mol. The number of non-ortho nitro benzene ring substituents is 1. The normalized spacial score (nSPS) is 10.8. The lowest BCUT2D eigenvalue weighted by Gasteiger charge is -2.15. The van der Waals surface area contributed by atoms with Gasteiger partial charge in [0.1, 0.15) is 5.75 Å². The Balaban J connectivity index is 2.32. The Hall–Kier alpha value is -2.35. The van der Waals surface area contributed by atoms with E-state index in [9.17, 15) is 20.0 Å². The molecule has 7 nitrogen and oxygen atoms in total. The number of phenolic OH excluding ortho intramolecular Hbond substituents is 1. The maximum Gasteiger partial charge on any atom is 0.271 e. The third-order valence-corrected chi connectivity index (χ3v) is 3.83. The fourth-order valence-electron chi connectivity index (χ4n) is 2.20. The number of nitrogens with zero attached hydrogens (tertiary/aromatic N) is 2. The van der Waals surface area contributed by atoms with Crippen molar-refractivity contribution in [1.82, 2.24) is 4.90 Å². The van der Waals surface area contributed by atoms with Gasteiger partial charge in [-0.2, -0.15) is 0 Å². The van der Waals surface area contributed by atoms with Gasteiger partial charge in [0.2, 0.25) is 0 Å². The molecule has 1 amide bonds. The molecular formula is C16H15Cl2N3O4. The van der Waals surface area contributed by atoms with Crippen LogP contribution in [0.1, 0.15) is 15.9 Å². The fourth-order valence-corrected chi connectivity index (χ4v) is 2.66. The van der Waals surface area contributed by atoms with Crippen LogP contribution in [0.15, 0.2) is 30.3 Å². The van der Waals surface area contributed by atoms with E-state index in [4.69, 9.17) is 23.2 Å². The number of rotatable bonds is 5. The Labute approximate surface area is 153 Å². The summed E-state index contributed by atoms with van der Waals surface area (Å²) in [5.74, 6) is -0.815. The lowest BCUT2D eigenvalue weighted by Crippen LogP contribution is -2.15. The lowest BCUT2D eigenvalue weighted by molar-refractivity contribution is -0.384. The molecule has 0 aromatic heterocycles. The fraction of sp³-hybridized carbons (Fsp3) is 0.188. The molecule has 25 heavy (non-hydrogen) atoms. The number of carbonyl (C=O) groups is 1. The lowest BCUT2D eigenvalue weighted by atomic mass is 10.1. The van der Waals surface area contributed by atoms with E-state index in [1.165, 1.54) is 18.2 Å². The van der Waals surface area contributed by atoms with Crippen LogP contribution in [-0.2, 0) is 6.54 Å². The second-order valence-electron chi connectivity index (χ2n) is 5.57. The van der Waals surface area contributed by atoms with Gasteiger partial charge in [0.05, 0.1) is 21.2 Å². The Bertz CT molecular complexity index is 840. The molecule has 2 aromatic rings. The molecule has 0 saturated heterocycles. The van der Waals surface area contributed by atoms with Crippen LogP contribution in [0.4, 0.5) is 11.4 Å². The molecule has 0 spiro atoms. The van der Waals surface area contributed by atoms with Crippen LogP contribution < -0.4 is 5.32 Å². The number of halogens is 2. The molecule has 0 bridgehead atoms. The predicted octanol–water partition coefficient (Wildman–Crippen LogP) is 3.92. The molecule has 0 heterocycles. The standard InChI is InChI=1S/C16H15Cl2N3O4/c1-20(2)8-9-5-10(17)6-12(15(9)22)16(23)19-14-4-3-11(21(24)25)7-13(14)18/h3-7,22H,8H2,1-2H3,(H,19,23). The molecule has 0 saturated carbocycles. The van der Waals surface area contributed by atoms with Crippen LogP contribution in [0, 0.1) is 10.1 Å². The van der Waals surface area contributed by atoms with Crippen molar-refractivity contribution >= 4 is 40.5 Å². The molecule has 0 aliphatic heterocycles. The van der Waals surface area contributed by atoms with Crippen molar-refractivity contribution in [3.8, 4) is 5.75 Å². The van der Waals surface area contributed by atoms with Gasteiger partial charge in [-0.15, -0.1) is 0 Å². The summed E-state index contributed by atoms with van der Waals surface area (Å²) in [5.41, 5.74) is 0.476. The Morgan fingerprint density at radius 3 is 2.52 bits per heavy atom. The van der Waals surface area contributed by atoms with Crippen LogP contribution in [0.2, 0.25) is 10.0 Å². The first-order valence-corrected chi connectivity index (χ1v) is 7.86. The maximum atomic E-state index is 12.5. The SMILES string of the molecule is CN(C)Cc1cc(Cl)cc(C(=O)Nc2ccc([N+](=O)[O-])cc2Cl)c1O. The highest BCUT2D eigenvalue weighted by atomic mass is 35.5. The first kappa shape index (κ1) is 19.0. The molecule has 0 radical (unpaired) electrons. The summed E-state index contributed by atoms with van der Waals surface area (Å²) in [4.78, 5) is 24.4. The van der Waals surface area contributed by atoms with Gasteiger partial charge in [-0.25, -0.2) is 0 Å². The van der Waals surface area contributed by atoms with E-state index in [-0.39, 0.29) is 27.7 Å². The van der Waals surface area contributed by atoms with Crippen LogP contribution in [-0.4, -0.2) is 34.9 Å². The van der Waals surface area contributed by atoms with E-state index >= 15 is 0 Å². The molecule has 0 atom stereocenters. The molecule has 0 aliphatic carbocycles. The average Bonchev–Trinajstić information content (AvgIpc) is 2.51. The molecule has 2 rings (SSSR count). The van der Waals surface area contributed by atoms with Crippen LogP contribution in [0.5, 0.6) is 5.75 Å². The van der Waals surface area contributed by atoms with Gasteiger partial charge in [-0.3, -0.25) is 14.9 Å². The minimum absolute atomic E-state index is 0.0117. The van der Waals surface area contributed by atoms with Crippen LogP contribution >= 0.6 is 23.2 Å². The molecule has 0 unspecified atom stereocenters. The van der Waals surface area contributed by atoms with Crippen molar-refractivity contribution in [3.63, 3.8) is 0 Å². The predicted molar refractivity (Wildman–Crippen MR) is 96.6 cm³/mol. The zero-order valence-electron chi connectivity index (χ0n) is 13.4. The number of hydrogen-bond donors (Lipinski definition) is 2. The number of phenols is 1. The number of benzene rings is 2.